The van der Waals surface area contributed by atoms with Crippen molar-refractivity contribution < 1.29 is 27.4 Å². The number of halogens is 3. The topological polar surface area (TPSA) is 77.4 Å². The van der Waals surface area contributed by atoms with E-state index < -0.39 is 17.9 Å². The Morgan fingerprint density at radius 1 is 1.13 bits per heavy atom. The van der Waals surface area contributed by atoms with Gasteiger partial charge in [-0.15, -0.1) is 0 Å². The number of urea groups is 1. The minimum absolute atomic E-state index is 0.170. The van der Waals surface area contributed by atoms with Gasteiger partial charge < -0.3 is 20.1 Å². The molecular weight excluding hydrogens is 401 g/mol. The summed E-state index contributed by atoms with van der Waals surface area (Å²) >= 11 is 0. The van der Waals surface area contributed by atoms with Gasteiger partial charge in [0.2, 0.25) is 0 Å². The fourth-order valence-electron chi connectivity index (χ4n) is 3.59. The first-order valence-corrected chi connectivity index (χ1v) is 9.72. The van der Waals surface area contributed by atoms with Gasteiger partial charge in [-0.3, -0.25) is 4.68 Å². The molecule has 0 atom stereocenters. The van der Waals surface area contributed by atoms with Crippen LogP contribution in [0.4, 0.5) is 18.0 Å². The summed E-state index contributed by atoms with van der Waals surface area (Å²) in [6.45, 7) is 0.618. The summed E-state index contributed by atoms with van der Waals surface area (Å²) in [4.78, 5) is 12.0. The Kier molecular flexibility index (Phi) is 6.73. The Morgan fingerprint density at radius 3 is 2.57 bits per heavy atom. The lowest BCUT2D eigenvalue weighted by Crippen LogP contribution is -2.37. The van der Waals surface area contributed by atoms with Gasteiger partial charge in [-0.05, 0) is 43.4 Å². The third kappa shape index (κ3) is 4.98. The zero-order valence-corrected chi connectivity index (χ0v) is 16.9. The molecule has 2 aromatic rings. The third-order valence-corrected chi connectivity index (χ3v) is 5.04. The molecule has 1 aromatic heterocycles. The van der Waals surface area contributed by atoms with Crippen molar-refractivity contribution in [2.75, 3.05) is 20.8 Å². The van der Waals surface area contributed by atoms with E-state index in [4.69, 9.17) is 9.47 Å². The van der Waals surface area contributed by atoms with Crippen LogP contribution in [0.15, 0.2) is 18.2 Å². The first kappa shape index (κ1) is 21.8. The Balaban J connectivity index is 1.53. The smallest absolute Gasteiger partial charge is 0.435 e. The van der Waals surface area contributed by atoms with E-state index >= 15 is 0 Å². The Labute approximate surface area is 172 Å². The third-order valence-electron chi connectivity index (χ3n) is 5.04. The highest BCUT2D eigenvalue weighted by Crippen LogP contribution is 2.35. The molecule has 7 nitrogen and oxygen atoms in total. The lowest BCUT2D eigenvalue weighted by atomic mass is 9.95. The van der Waals surface area contributed by atoms with Crippen LogP contribution >= 0.6 is 0 Å². The molecule has 0 radical (unpaired) electrons. The van der Waals surface area contributed by atoms with Crippen molar-refractivity contribution in [3.63, 3.8) is 0 Å². The number of hydrogen-bond donors (Lipinski definition) is 2. The number of methoxy groups -OCH3 is 2. The van der Waals surface area contributed by atoms with E-state index in [1.54, 1.807) is 18.2 Å². The summed E-state index contributed by atoms with van der Waals surface area (Å²) < 4.78 is 51.5. The maximum atomic E-state index is 13.2. The van der Waals surface area contributed by atoms with Gasteiger partial charge in [-0.25, -0.2) is 4.79 Å². The highest BCUT2D eigenvalue weighted by atomic mass is 19.4. The molecule has 0 fully saturated rings. The molecule has 1 aromatic carbocycles. The van der Waals surface area contributed by atoms with Crippen LogP contribution in [0.25, 0.3) is 0 Å². The number of carbonyl (C=O) groups is 1. The monoisotopic (exact) mass is 426 g/mol. The zero-order valence-electron chi connectivity index (χ0n) is 16.9. The molecule has 164 valence electrons. The molecule has 1 aliphatic carbocycles. The first-order chi connectivity index (χ1) is 14.3. The molecule has 2 N–H and O–H groups in total. The molecule has 1 heterocycles. The molecule has 0 saturated carbocycles. The van der Waals surface area contributed by atoms with E-state index in [2.05, 4.69) is 15.7 Å². The van der Waals surface area contributed by atoms with Crippen LogP contribution in [0, 0.1) is 0 Å². The van der Waals surface area contributed by atoms with Gasteiger partial charge >= 0.3 is 12.2 Å². The van der Waals surface area contributed by atoms with E-state index in [0.29, 0.717) is 35.6 Å². The molecule has 2 amide bonds. The standard InChI is InChI=1S/C20H25F3N4O3/c1-29-16-8-7-13(11-17(16)30-2)12-25-19(28)24-9-10-27-15-6-4-3-5-14(15)18(26-27)20(21,22)23/h7-8,11H,3-6,9-10,12H2,1-2H3,(H2,24,25,28). The molecule has 0 aliphatic heterocycles. The summed E-state index contributed by atoms with van der Waals surface area (Å²) in [5.74, 6) is 1.15. The summed E-state index contributed by atoms with van der Waals surface area (Å²) in [6.07, 6.45) is -1.92. The average molecular weight is 426 g/mol. The van der Waals surface area contributed by atoms with Gasteiger partial charge in [0, 0.05) is 24.3 Å². The number of carbonyl (C=O) groups excluding carboxylic acids is 1. The van der Waals surface area contributed by atoms with Gasteiger partial charge in [0.15, 0.2) is 17.2 Å². The number of nitrogens with zero attached hydrogens (tertiary/aromatic N) is 2. The minimum Gasteiger partial charge on any atom is -0.493 e. The van der Waals surface area contributed by atoms with Gasteiger partial charge in [0.05, 0.1) is 20.8 Å². The zero-order chi connectivity index (χ0) is 21.7. The second-order valence-corrected chi connectivity index (χ2v) is 7.00. The van der Waals surface area contributed by atoms with Gasteiger partial charge in [0.1, 0.15) is 0 Å². The number of alkyl halides is 3. The van der Waals surface area contributed by atoms with Crippen LogP contribution in [-0.2, 0) is 32.1 Å². The molecule has 3 rings (SSSR count). The number of nitrogens with one attached hydrogen (secondary N) is 2. The van der Waals surface area contributed by atoms with Crippen LogP contribution < -0.4 is 20.1 Å². The van der Waals surface area contributed by atoms with Gasteiger partial charge in [0.25, 0.3) is 0 Å². The SMILES string of the molecule is COc1ccc(CNC(=O)NCCn2nc(C(F)(F)F)c3c2CCCC3)cc1OC. The Hall–Kier alpha value is -2.91. The molecule has 0 bridgehead atoms. The molecule has 30 heavy (non-hydrogen) atoms. The van der Waals surface area contributed by atoms with Crippen molar-refractivity contribution in [1.29, 1.82) is 0 Å². The Bertz CT molecular complexity index is 896. The van der Waals surface area contributed by atoms with E-state index in [1.807, 2.05) is 0 Å². The quantitative estimate of drug-likeness (QED) is 0.712. The normalized spacial score (nSPS) is 13.5. The first-order valence-electron chi connectivity index (χ1n) is 9.72. The van der Waals surface area contributed by atoms with Crippen molar-refractivity contribution in [3.05, 3.63) is 40.7 Å². The van der Waals surface area contributed by atoms with Gasteiger partial charge in [-0.1, -0.05) is 6.07 Å². The lowest BCUT2D eigenvalue weighted by molar-refractivity contribution is -0.142. The molecular formula is C20H25F3N4O3. The second-order valence-electron chi connectivity index (χ2n) is 7.00. The molecule has 10 heteroatoms. The number of aromatic nitrogens is 2. The highest BCUT2D eigenvalue weighted by molar-refractivity contribution is 5.73. The van der Waals surface area contributed by atoms with Crippen LogP contribution in [0.3, 0.4) is 0 Å². The molecule has 0 spiro atoms. The Morgan fingerprint density at radius 2 is 1.87 bits per heavy atom. The van der Waals surface area contributed by atoms with Crippen LogP contribution in [-0.4, -0.2) is 36.6 Å². The summed E-state index contributed by atoms with van der Waals surface area (Å²) in [5.41, 5.74) is 0.946. The fourth-order valence-corrected chi connectivity index (χ4v) is 3.59. The van der Waals surface area contributed by atoms with Gasteiger partial charge in [-0.2, -0.15) is 18.3 Å². The van der Waals surface area contributed by atoms with Crippen LogP contribution in [0.5, 0.6) is 11.5 Å². The molecule has 0 unspecified atom stereocenters. The van der Waals surface area contributed by atoms with E-state index in [1.165, 1.54) is 18.9 Å². The maximum absolute atomic E-state index is 13.2. The number of rotatable bonds is 7. The van der Waals surface area contributed by atoms with E-state index in [0.717, 1.165) is 18.4 Å². The summed E-state index contributed by atoms with van der Waals surface area (Å²) in [7, 11) is 3.07. The fraction of sp³-hybridized carbons (Fsp3) is 0.500. The number of benzene rings is 1. The number of amides is 2. The molecule has 0 saturated heterocycles. The summed E-state index contributed by atoms with van der Waals surface area (Å²) in [5, 5.41) is 9.15. The van der Waals surface area contributed by atoms with Crippen LogP contribution in [0.1, 0.15) is 35.4 Å². The van der Waals surface area contributed by atoms with Crippen molar-refractivity contribution in [1.82, 2.24) is 20.4 Å². The highest BCUT2D eigenvalue weighted by Gasteiger charge is 2.39. The van der Waals surface area contributed by atoms with Crippen molar-refractivity contribution in [2.24, 2.45) is 0 Å². The minimum atomic E-state index is -4.46. The average Bonchev–Trinajstić information content (AvgIpc) is 3.11. The van der Waals surface area contributed by atoms with E-state index in [9.17, 15) is 18.0 Å². The second kappa shape index (κ2) is 9.27. The largest absolute Gasteiger partial charge is 0.493 e. The van der Waals surface area contributed by atoms with Crippen molar-refractivity contribution >= 4 is 6.03 Å². The van der Waals surface area contributed by atoms with Crippen molar-refractivity contribution in [3.8, 4) is 11.5 Å². The lowest BCUT2D eigenvalue weighted by Gasteiger charge is -2.15. The van der Waals surface area contributed by atoms with E-state index in [-0.39, 0.29) is 19.6 Å². The predicted molar refractivity (Wildman–Crippen MR) is 104 cm³/mol. The predicted octanol–water partition coefficient (Wildman–Crippen LogP) is 3.30. The number of fused-ring (bicyclic) bond motifs is 1. The number of hydrogen-bond acceptors (Lipinski definition) is 4. The van der Waals surface area contributed by atoms with Crippen molar-refractivity contribution in [2.45, 2.75) is 44.9 Å². The number of ether oxygens (including phenoxy) is 2. The molecule has 1 aliphatic rings. The van der Waals surface area contributed by atoms with Crippen LogP contribution in [0.2, 0.25) is 0 Å². The summed E-state index contributed by atoms with van der Waals surface area (Å²) in [6, 6.07) is 4.89. The maximum Gasteiger partial charge on any atom is 0.435 e.